The summed E-state index contributed by atoms with van der Waals surface area (Å²) in [5.74, 6) is 0.216. The molecule has 0 spiro atoms. The zero-order valence-electron chi connectivity index (χ0n) is 9.57. The van der Waals surface area contributed by atoms with Gasteiger partial charge in [-0.05, 0) is 30.3 Å². The van der Waals surface area contributed by atoms with Gasteiger partial charge in [-0.2, -0.15) is 0 Å². The van der Waals surface area contributed by atoms with E-state index in [0.29, 0.717) is 4.90 Å². The monoisotopic (exact) mass is 281 g/mol. The molecule has 2 rings (SSSR count). The summed E-state index contributed by atoms with van der Waals surface area (Å²) in [5.41, 5.74) is 5.48. The molecule has 1 aromatic heterocycles. The van der Waals surface area contributed by atoms with Gasteiger partial charge in [0.05, 0.1) is 4.90 Å². The number of hydrogen-bond donors (Lipinski definition) is 1. The van der Waals surface area contributed by atoms with Crippen LogP contribution in [0, 0.1) is 0 Å². The molecule has 0 aliphatic heterocycles. The van der Waals surface area contributed by atoms with Gasteiger partial charge >= 0.3 is 0 Å². The normalized spacial score (nSPS) is 11.4. The quantitative estimate of drug-likeness (QED) is 0.860. The minimum absolute atomic E-state index is 0.216. The summed E-state index contributed by atoms with van der Waals surface area (Å²) in [4.78, 5) is 9.04. The number of nitrogen functional groups attached to an aromatic ring is 1. The van der Waals surface area contributed by atoms with Crippen LogP contribution in [0.15, 0.2) is 51.3 Å². The fourth-order valence-corrected chi connectivity index (χ4v) is 2.70. The van der Waals surface area contributed by atoms with E-state index in [1.54, 1.807) is 36.5 Å². The van der Waals surface area contributed by atoms with Crippen LogP contribution in [0.1, 0.15) is 0 Å². The van der Waals surface area contributed by atoms with Crippen molar-refractivity contribution in [1.82, 2.24) is 9.97 Å². The van der Waals surface area contributed by atoms with Crippen molar-refractivity contribution >= 4 is 27.5 Å². The molecule has 0 saturated carbocycles. The summed E-state index contributed by atoms with van der Waals surface area (Å²) < 4.78 is 22.6. The Labute approximate surface area is 109 Å². The van der Waals surface area contributed by atoms with Crippen LogP contribution in [0.5, 0.6) is 0 Å². The van der Waals surface area contributed by atoms with Crippen LogP contribution in [-0.4, -0.2) is 24.6 Å². The molecule has 5 nitrogen and oxygen atoms in total. The molecular formula is C11H11N3O2S2. The van der Waals surface area contributed by atoms with Crippen LogP contribution >= 0.6 is 11.8 Å². The lowest BCUT2D eigenvalue weighted by atomic mass is 10.4. The van der Waals surface area contributed by atoms with Crippen molar-refractivity contribution in [1.29, 1.82) is 0 Å². The highest BCUT2D eigenvalue weighted by atomic mass is 32.2. The summed E-state index contributed by atoms with van der Waals surface area (Å²) >= 11 is 1.40. The van der Waals surface area contributed by atoms with Crippen LogP contribution in [0.4, 0.5) is 5.95 Å². The van der Waals surface area contributed by atoms with E-state index in [9.17, 15) is 8.42 Å². The number of benzene rings is 1. The summed E-state index contributed by atoms with van der Waals surface area (Å²) in [6, 6.07) is 8.36. The molecule has 0 aliphatic rings. The third-order valence-electron chi connectivity index (χ3n) is 2.12. The predicted molar refractivity (Wildman–Crippen MR) is 70.1 cm³/mol. The van der Waals surface area contributed by atoms with E-state index in [1.807, 2.05) is 0 Å². The second kappa shape index (κ2) is 4.95. The molecule has 18 heavy (non-hydrogen) atoms. The Bertz CT molecular complexity index is 654. The number of aromatic nitrogens is 2. The molecule has 0 fully saturated rings. The van der Waals surface area contributed by atoms with E-state index in [0.717, 1.165) is 9.92 Å². The zero-order valence-corrected chi connectivity index (χ0v) is 11.2. The summed E-state index contributed by atoms with van der Waals surface area (Å²) in [5, 5.41) is 0.717. The van der Waals surface area contributed by atoms with Crippen LogP contribution in [-0.2, 0) is 9.84 Å². The van der Waals surface area contributed by atoms with Crippen molar-refractivity contribution in [2.24, 2.45) is 0 Å². The summed E-state index contributed by atoms with van der Waals surface area (Å²) in [7, 11) is -3.15. The molecule has 94 valence electrons. The number of rotatable bonds is 3. The molecule has 7 heteroatoms. The molecule has 0 bridgehead atoms. The third-order valence-corrected chi connectivity index (χ3v) is 4.20. The van der Waals surface area contributed by atoms with Gasteiger partial charge < -0.3 is 5.73 Å². The maximum absolute atomic E-state index is 11.3. The Hall–Kier alpha value is -1.60. The molecule has 0 amide bonds. The van der Waals surface area contributed by atoms with Crippen molar-refractivity contribution < 1.29 is 8.42 Å². The lowest BCUT2D eigenvalue weighted by molar-refractivity contribution is 0.602. The SMILES string of the molecule is CS(=O)(=O)c1ccc(Sc2ccnc(N)n2)cc1. The van der Waals surface area contributed by atoms with Gasteiger partial charge in [-0.1, -0.05) is 11.8 Å². The molecule has 0 radical (unpaired) electrons. The first-order valence-electron chi connectivity index (χ1n) is 5.02. The average molecular weight is 281 g/mol. The second-order valence-corrected chi connectivity index (χ2v) is 6.71. The van der Waals surface area contributed by atoms with E-state index >= 15 is 0 Å². The minimum atomic E-state index is -3.15. The van der Waals surface area contributed by atoms with Crippen molar-refractivity contribution in [2.75, 3.05) is 12.0 Å². The van der Waals surface area contributed by atoms with Crippen LogP contribution in [0.25, 0.3) is 0 Å². The topological polar surface area (TPSA) is 85.9 Å². The molecule has 1 aromatic carbocycles. The molecule has 0 saturated heterocycles. The number of anilines is 1. The Morgan fingerprint density at radius 3 is 2.39 bits per heavy atom. The van der Waals surface area contributed by atoms with E-state index in [-0.39, 0.29) is 5.95 Å². The first-order valence-corrected chi connectivity index (χ1v) is 7.72. The predicted octanol–water partition coefficient (Wildman–Crippen LogP) is 1.61. The second-order valence-electron chi connectivity index (χ2n) is 3.60. The molecule has 0 unspecified atom stereocenters. The summed E-state index contributed by atoms with van der Waals surface area (Å²) in [6.45, 7) is 0. The molecule has 1 heterocycles. The van der Waals surface area contributed by atoms with Crippen molar-refractivity contribution in [3.05, 3.63) is 36.5 Å². The molecular weight excluding hydrogens is 270 g/mol. The maximum atomic E-state index is 11.3. The van der Waals surface area contributed by atoms with Gasteiger partial charge in [-0.3, -0.25) is 0 Å². The van der Waals surface area contributed by atoms with Crippen LogP contribution in [0.2, 0.25) is 0 Å². The Morgan fingerprint density at radius 2 is 1.83 bits per heavy atom. The van der Waals surface area contributed by atoms with Gasteiger partial charge in [-0.25, -0.2) is 18.4 Å². The smallest absolute Gasteiger partial charge is 0.221 e. The lowest BCUT2D eigenvalue weighted by Gasteiger charge is -2.02. The fraction of sp³-hybridized carbons (Fsp3) is 0.0909. The van der Waals surface area contributed by atoms with E-state index in [4.69, 9.17) is 5.73 Å². The number of sulfone groups is 1. The van der Waals surface area contributed by atoms with E-state index in [1.165, 1.54) is 18.0 Å². The summed E-state index contributed by atoms with van der Waals surface area (Å²) in [6.07, 6.45) is 2.76. The molecule has 2 N–H and O–H groups in total. The third kappa shape index (κ3) is 3.21. The van der Waals surface area contributed by atoms with Crippen LogP contribution < -0.4 is 5.73 Å². The first-order chi connectivity index (χ1) is 8.45. The first kappa shape index (κ1) is 12.8. The van der Waals surface area contributed by atoms with Crippen LogP contribution in [0.3, 0.4) is 0 Å². The maximum Gasteiger partial charge on any atom is 0.221 e. The fourth-order valence-electron chi connectivity index (χ4n) is 1.29. The molecule has 2 aromatic rings. The highest BCUT2D eigenvalue weighted by Gasteiger charge is 2.07. The van der Waals surface area contributed by atoms with Crippen molar-refractivity contribution in [3.8, 4) is 0 Å². The molecule has 0 atom stereocenters. The van der Waals surface area contributed by atoms with E-state index < -0.39 is 9.84 Å². The molecule has 0 aliphatic carbocycles. The lowest BCUT2D eigenvalue weighted by Crippen LogP contribution is -1.96. The van der Waals surface area contributed by atoms with E-state index in [2.05, 4.69) is 9.97 Å². The highest BCUT2D eigenvalue weighted by Crippen LogP contribution is 2.26. The number of nitrogens with two attached hydrogens (primary N) is 1. The largest absolute Gasteiger partial charge is 0.368 e. The highest BCUT2D eigenvalue weighted by molar-refractivity contribution is 7.99. The van der Waals surface area contributed by atoms with Gasteiger partial charge in [0.1, 0.15) is 5.03 Å². The van der Waals surface area contributed by atoms with Crippen molar-refractivity contribution in [2.45, 2.75) is 14.8 Å². The number of hydrogen-bond acceptors (Lipinski definition) is 6. The standard InChI is InChI=1S/C11H11N3O2S2/c1-18(15,16)9-4-2-8(3-5-9)17-10-6-7-13-11(12)14-10/h2-7H,1H3,(H2,12,13,14). The van der Waals surface area contributed by atoms with Gasteiger partial charge in [-0.15, -0.1) is 0 Å². The van der Waals surface area contributed by atoms with Gasteiger partial charge in [0.15, 0.2) is 9.84 Å². The average Bonchev–Trinajstić information content (AvgIpc) is 2.28. The van der Waals surface area contributed by atoms with Gasteiger partial charge in [0.25, 0.3) is 0 Å². The Balaban J connectivity index is 2.21. The Morgan fingerprint density at radius 1 is 1.17 bits per heavy atom. The van der Waals surface area contributed by atoms with Gasteiger partial charge in [0.2, 0.25) is 5.95 Å². The number of nitrogens with zero attached hydrogens (tertiary/aromatic N) is 2. The minimum Gasteiger partial charge on any atom is -0.368 e. The van der Waals surface area contributed by atoms with Crippen molar-refractivity contribution in [3.63, 3.8) is 0 Å². The zero-order chi connectivity index (χ0) is 13.2. The Kier molecular flexibility index (Phi) is 3.53. The van der Waals surface area contributed by atoms with Gasteiger partial charge in [0, 0.05) is 17.3 Å².